The number of hydrogen-bond acceptors (Lipinski definition) is 14. The van der Waals surface area contributed by atoms with Crippen LogP contribution in [0.4, 0.5) is 17.5 Å². The molecule has 376 valence electrons. The fraction of sp³-hybridized carbons (Fsp3) is 0.660. The summed E-state index contributed by atoms with van der Waals surface area (Å²) in [4.78, 5) is 56.2. The fourth-order valence-corrected chi connectivity index (χ4v) is 10.7. The Morgan fingerprint density at radius 1 is 0.580 bits per heavy atom. The summed E-state index contributed by atoms with van der Waals surface area (Å²) in [7, 11) is 0. The van der Waals surface area contributed by atoms with Gasteiger partial charge in [-0.05, 0) is 178 Å². The first-order chi connectivity index (χ1) is 32.1. The molecule has 3 aliphatic carbocycles. The summed E-state index contributed by atoms with van der Waals surface area (Å²) in [6, 6.07) is 10.6. The lowest BCUT2D eigenvalue weighted by Gasteiger charge is -2.34. The average molecular weight is 974 g/mol. The van der Waals surface area contributed by atoms with Gasteiger partial charge in [0.05, 0.1) is 48.0 Å². The maximum atomic E-state index is 11.9. The number of aromatic carboxylic acids is 1. The topological polar surface area (TPSA) is 191 Å². The van der Waals surface area contributed by atoms with Crippen molar-refractivity contribution >= 4 is 47.4 Å². The maximum Gasteiger partial charge on any atom is 0.339 e. The van der Waals surface area contributed by atoms with Gasteiger partial charge in [-0.1, -0.05) is 0 Å². The first-order valence-corrected chi connectivity index (χ1v) is 25.0. The molecule has 8 heterocycles. The van der Waals surface area contributed by atoms with Gasteiger partial charge in [0.2, 0.25) is 0 Å². The molecule has 0 aromatic carbocycles. The van der Waals surface area contributed by atoms with Gasteiger partial charge in [-0.3, -0.25) is 9.59 Å². The molecular formula is C53H73ClN6O9. The molecule has 11 rings (SSSR count). The highest BCUT2D eigenvalue weighted by atomic mass is 35.5. The summed E-state index contributed by atoms with van der Waals surface area (Å²) >= 11 is 0. The van der Waals surface area contributed by atoms with E-state index in [-0.39, 0.29) is 35.1 Å². The van der Waals surface area contributed by atoms with Crippen LogP contribution in [0.1, 0.15) is 174 Å². The van der Waals surface area contributed by atoms with Crippen molar-refractivity contribution in [3.05, 3.63) is 70.2 Å². The van der Waals surface area contributed by atoms with Crippen LogP contribution in [0.3, 0.4) is 0 Å². The molecule has 3 aromatic heterocycles. The summed E-state index contributed by atoms with van der Waals surface area (Å²) in [6.45, 7) is 18.8. The van der Waals surface area contributed by atoms with Gasteiger partial charge in [0.25, 0.3) is 0 Å². The summed E-state index contributed by atoms with van der Waals surface area (Å²) in [6.07, 6.45) is 15.1. The van der Waals surface area contributed by atoms with E-state index in [0.717, 1.165) is 94.3 Å². The smallest absolute Gasteiger partial charge is 0.339 e. The van der Waals surface area contributed by atoms with Crippen LogP contribution in [0, 0.1) is 16.2 Å². The van der Waals surface area contributed by atoms with Crippen LogP contribution in [-0.4, -0.2) is 113 Å². The zero-order chi connectivity index (χ0) is 48.5. The zero-order valence-electron chi connectivity index (χ0n) is 41.7. The minimum atomic E-state index is -1.39. The largest absolute Gasteiger partial charge is 0.478 e. The number of carbonyl (C=O) groups is 3. The third-order valence-electron chi connectivity index (χ3n) is 16.5. The minimum Gasteiger partial charge on any atom is -0.478 e. The molecule has 15 nitrogen and oxygen atoms in total. The number of aliphatic hydroxyl groups excluding tert-OH is 1. The number of aliphatic hydroxyl groups is 2. The van der Waals surface area contributed by atoms with E-state index in [9.17, 15) is 29.7 Å². The third-order valence-corrected chi connectivity index (χ3v) is 16.5. The van der Waals surface area contributed by atoms with E-state index in [1.807, 2.05) is 32.9 Å². The van der Waals surface area contributed by atoms with E-state index in [4.69, 9.17) is 24.2 Å². The number of carbonyl (C=O) groups excluding carboxylic acids is 2. The SMILES string of the molecule is CC(=O)c1ccc(C(C)(O)CO)nc1N1CCC2(CC1)CC2.CC(=O)c1ccc(C2(C)CO2)nc1N1CCC2(CC1)CC2.CC1(C)OCC(C)(c2ccc(C(=O)O)c(N3CCC4(CC3)CC4)n2)O1.Cl. The molecule has 8 fully saturated rings. The number of carboxylic acid groups (broad SMARTS) is 1. The Morgan fingerprint density at radius 2 is 0.957 bits per heavy atom. The summed E-state index contributed by atoms with van der Waals surface area (Å²) < 4.78 is 17.3. The van der Waals surface area contributed by atoms with Crippen molar-refractivity contribution in [1.82, 2.24) is 15.0 Å². The molecule has 3 saturated carbocycles. The van der Waals surface area contributed by atoms with Gasteiger partial charge in [0.1, 0.15) is 39.8 Å². The molecule has 16 heteroatoms. The maximum absolute atomic E-state index is 11.9. The molecule has 3 N–H and O–H groups in total. The lowest BCUT2D eigenvalue weighted by atomic mass is 9.93. The Labute approximate surface area is 413 Å². The number of pyridine rings is 3. The van der Waals surface area contributed by atoms with Crippen molar-refractivity contribution in [3.63, 3.8) is 0 Å². The van der Waals surface area contributed by atoms with Crippen LogP contribution in [0.25, 0.3) is 0 Å². The number of ether oxygens (including phenoxy) is 3. The average Bonchev–Trinajstić information content (AvgIpc) is 4.18. The molecule has 0 bridgehead atoms. The molecule has 69 heavy (non-hydrogen) atoms. The van der Waals surface area contributed by atoms with E-state index in [0.29, 0.717) is 45.7 Å². The molecule has 3 spiro atoms. The van der Waals surface area contributed by atoms with Crippen molar-refractivity contribution in [2.24, 2.45) is 16.2 Å². The van der Waals surface area contributed by atoms with Crippen molar-refractivity contribution in [3.8, 4) is 0 Å². The van der Waals surface area contributed by atoms with Crippen LogP contribution in [0.2, 0.25) is 0 Å². The number of carboxylic acids is 1. The highest BCUT2D eigenvalue weighted by Gasteiger charge is 2.49. The van der Waals surface area contributed by atoms with Crippen molar-refractivity contribution in [1.29, 1.82) is 0 Å². The molecular weight excluding hydrogens is 900 g/mol. The van der Waals surface area contributed by atoms with Gasteiger partial charge in [-0.2, -0.15) is 0 Å². The molecule has 0 radical (unpaired) electrons. The lowest BCUT2D eigenvalue weighted by Crippen LogP contribution is -2.37. The van der Waals surface area contributed by atoms with Crippen molar-refractivity contribution < 1.29 is 43.9 Å². The van der Waals surface area contributed by atoms with Gasteiger partial charge in [-0.25, -0.2) is 19.7 Å². The number of piperidine rings is 3. The number of rotatable bonds is 10. The Hall–Kier alpha value is -4.25. The third kappa shape index (κ3) is 11.0. The van der Waals surface area contributed by atoms with Gasteiger partial charge in [0.15, 0.2) is 17.4 Å². The normalized spacial score (nSPS) is 26.9. The molecule has 8 aliphatic rings. The second-order valence-corrected chi connectivity index (χ2v) is 22.6. The molecule has 5 aliphatic heterocycles. The molecule has 0 amide bonds. The fourth-order valence-electron chi connectivity index (χ4n) is 10.7. The van der Waals surface area contributed by atoms with E-state index in [2.05, 4.69) is 26.6 Å². The zero-order valence-corrected chi connectivity index (χ0v) is 42.5. The van der Waals surface area contributed by atoms with Crippen LogP contribution in [-0.2, 0) is 31.0 Å². The monoisotopic (exact) mass is 973 g/mol. The van der Waals surface area contributed by atoms with Crippen LogP contribution >= 0.6 is 12.4 Å². The van der Waals surface area contributed by atoms with Crippen LogP contribution in [0.5, 0.6) is 0 Å². The van der Waals surface area contributed by atoms with Crippen molar-refractivity contribution in [2.75, 3.05) is 73.8 Å². The predicted octanol–water partition coefficient (Wildman–Crippen LogP) is 8.35. The predicted molar refractivity (Wildman–Crippen MR) is 265 cm³/mol. The second-order valence-electron chi connectivity index (χ2n) is 22.6. The summed E-state index contributed by atoms with van der Waals surface area (Å²) in [5.74, 6) is 0.555. The second kappa shape index (κ2) is 18.7. The van der Waals surface area contributed by atoms with Crippen molar-refractivity contribution in [2.45, 2.75) is 148 Å². The van der Waals surface area contributed by atoms with Gasteiger partial charge in [0, 0.05) is 39.3 Å². The molecule has 3 aromatic rings. The molecule has 5 saturated heterocycles. The number of nitrogens with zero attached hydrogens (tertiary/aromatic N) is 6. The number of ketones is 2. The van der Waals surface area contributed by atoms with Gasteiger partial charge >= 0.3 is 5.97 Å². The van der Waals surface area contributed by atoms with E-state index < -0.39 is 29.6 Å². The molecule has 3 atom stereocenters. The Bertz CT molecular complexity index is 2420. The highest BCUT2D eigenvalue weighted by molar-refractivity contribution is 5.99. The Kier molecular flexibility index (Phi) is 13.9. The lowest BCUT2D eigenvalue weighted by molar-refractivity contribution is -0.160. The summed E-state index contributed by atoms with van der Waals surface area (Å²) in [5, 5.41) is 29.1. The van der Waals surface area contributed by atoms with Gasteiger partial charge in [-0.15, -0.1) is 12.4 Å². The quantitative estimate of drug-likeness (QED) is 0.130. The number of anilines is 3. The first-order valence-electron chi connectivity index (χ1n) is 25.0. The van der Waals surface area contributed by atoms with Crippen LogP contribution < -0.4 is 14.7 Å². The van der Waals surface area contributed by atoms with E-state index in [1.54, 1.807) is 31.2 Å². The standard InChI is InChI=1S/C19H26N2O4.C17H24N2O3.C17H22N2O2.ClH/c1-17(2)24-12-18(3,25-17)14-5-4-13(16(22)23)15(20-14)21-10-8-19(6-7-19)9-11-21;1-12(21)13-3-4-14(16(2,22)11-20)18-15(13)19-9-7-17(5-6-17)8-10-19;1-12(20)13-3-4-14(16(2)11-21-16)18-15(13)19-9-7-17(5-6-17)8-10-19;/h4-5H,6-12H2,1-3H3,(H,22,23);3-4,20,22H,5-11H2,1-2H3;3-4H,5-11H2,1-2H3;1H. The van der Waals surface area contributed by atoms with Crippen LogP contribution in [0.15, 0.2) is 36.4 Å². The number of Topliss-reactive ketones (excluding diaryl/α,β-unsaturated/α-hetero) is 2. The first kappa shape index (κ1) is 51.1. The summed E-state index contributed by atoms with van der Waals surface area (Å²) in [5.41, 5.74) is 3.11. The van der Waals surface area contributed by atoms with Gasteiger partial charge < -0.3 is 44.2 Å². The number of hydrogen-bond donors (Lipinski definition) is 3. The Morgan fingerprint density at radius 3 is 1.30 bits per heavy atom. The van der Waals surface area contributed by atoms with E-state index >= 15 is 0 Å². The minimum absolute atomic E-state index is 0. The Balaban J connectivity index is 0.000000139. The number of halogens is 1. The number of aromatic nitrogens is 3. The van der Waals surface area contributed by atoms with E-state index in [1.165, 1.54) is 65.2 Å². The molecule has 3 unspecified atom stereocenters. The highest BCUT2D eigenvalue weighted by Crippen LogP contribution is 2.56. The number of epoxide rings is 1.